The Bertz CT molecular complexity index is 1140. The van der Waals surface area contributed by atoms with Gasteiger partial charge in [0, 0.05) is 26.2 Å². The van der Waals surface area contributed by atoms with Crippen molar-refractivity contribution in [3.63, 3.8) is 0 Å². The van der Waals surface area contributed by atoms with E-state index in [4.69, 9.17) is 18.6 Å². The Morgan fingerprint density at radius 1 is 1.00 bits per heavy atom. The third-order valence-corrected chi connectivity index (χ3v) is 6.16. The molecular formula is C26H29N3O5. The molecular weight excluding hydrogens is 434 g/mol. The number of hydrogen-bond donors (Lipinski definition) is 0. The highest BCUT2D eigenvalue weighted by atomic mass is 16.7. The van der Waals surface area contributed by atoms with Gasteiger partial charge in [0.15, 0.2) is 17.2 Å². The SMILES string of the molecule is COc1cccc(CN(Cc2ccc3c(c2)OCO3)Cc2nc(C(=O)N3CCCCC3)co2)c1. The van der Waals surface area contributed by atoms with E-state index in [0.29, 0.717) is 31.2 Å². The zero-order chi connectivity index (χ0) is 23.3. The fourth-order valence-corrected chi connectivity index (χ4v) is 4.43. The van der Waals surface area contributed by atoms with Crippen molar-refractivity contribution in [1.29, 1.82) is 0 Å². The van der Waals surface area contributed by atoms with Gasteiger partial charge in [-0.2, -0.15) is 0 Å². The number of methoxy groups -OCH3 is 1. The van der Waals surface area contributed by atoms with Crippen molar-refractivity contribution in [2.24, 2.45) is 0 Å². The standard InChI is InChI=1S/C26H29N3O5/c1-31-21-7-5-6-19(12-21)14-28(15-20-8-9-23-24(13-20)34-18-33-23)16-25-27-22(17-32-25)26(30)29-10-3-2-4-11-29/h5-9,12-13,17H,2-4,10-11,14-16,18H2,1H3. The molecule has 0 bridgehead atoms. The fourth-order valence-electron chi connectivity index (χ4n) is 4.43. The Kier molecular flexibility index (Phi) is 6.67. The Hall–Kier alpha value is -3.52. The van der Waals surface area contributed by atoms with Crippen LogP contribution in [0.25, 0.3) is 0 Å². The van der Waals surface area contributed by atoms with E-state index >= 15 is 0 Å². The average Bonchev–Trinajstić information content (AvgIpc) is 3.53. The number of piperidine rings is 1. The zero-order valence-corrected chi connectivity index (χ0v) is 19.4. The van der Waals surface area contributed by atoms with Gasteiger partial charge in [-0.25, -0.2) is 4.98 Å². The van der Waals surface area contributed by atoms with Gasteiger partial charge in [0.05, 0.1) is 13.7 Å². The number of rotatable bonds is 8. The predicted molar refractivity (Wildman–Crippen MR) is 125 cm³/mol. The van der Waals surface area contributed by atoms with Crippen LogP contribution < -0.4 is 14.2 Å². The summed E-state index contributed by atoms with van der Waals surface area (Å²) in [5.41, 5.74) is 2.57. The number of hydrogen-bond acceptors (Lipinski definition) is 7. The molecule has 2 aliphatic rings. The number of benzene rings is 2. The Morgan fingerprint density at radius 3 is 2.62 bits per heavy atom. The number of ether oxygens (including phenoxy) is 3. The first-order valence-corrected chi connectivity index (χ1v) is 11.7. The zero-order valence-electron chi connectivity index (χ0n) is 19.4. The summed E-state index contributed by atoms with van der Waals surface area (Å²) in [6.45, 7) is 3.57. The molecule has 178 valence electrons. The Labute approximate surface area is 199 Å². The molecule has 0 unspecified atom stereocenters. The third kappa shape index (κ3) is 5.17. The first-order chi connectivity index (χ1) is 16.7. The van der Waals surface area contributed by atoms with Crippen LogP contribution in [-0.4, -0.2) is 47.7 Å². The topological polar surface area (TPSA) is 77.3 Å². The molecule has 0 atom stereocenters. The summed E-state index contributed by atoms with van der Waals surface area (Å²) < 4.78 is 22.1. The summed E-state index contributed by atoms with van der Waals surface area (Å²) >= 11 is 0. The Morgan fingerprint density at radius 2 is 1.79 bits per heavy atom. The van der Waals surface area contributed by atoms with Gasteiger partial charge in [-0.3, -0.25) is 9.69 Å². The van der Waals surface area contributed by atoms with Crippen molar-refractivity contribution in [2.75, 3.05) is 27.0 Å². The van der Waals surface area contributed by atoms with E-state index in [0.717, 1.165) is 54.3 Å². The third-order valence-electron chi connectivity index (χ3n) is 6.16. The van der Waals surface area contributed by atoms with Crippen LogP contribution in [-0.2, 0) is 19.6 Å². The summed E-state index contributed by atoms with van der Waals surface area (Å²) in [7, 11) is 1.66. The molecule has 2 aromatic carbocycles. The minimum Gasteiger partial charge on any atom is -0.497 e. The molecule has 1 aromatic heterocycles. The maximum atomic E-state index is 12.8. The van der Waals surface area contributed by atoms with E-state index in [2.05, 4.69) is 16.0 Å². The lowest BCUT2D eigenvalue weighted by molar-refractivity contribution is 0.0718. The van der Waals surface area contributed by atoms with E-state index in [-0.39, 0.29) is 12.7 Å². The minimum absolute atomic E-state index is 0.0511. The van der Waals surface area contributed by atoms with Crippen LogP contribution in [0.2, 0.25) is 0 Å². The molecule has 2 aliphatic heterocycles. The number of fused-ring (bicyclic) bond motifs is 1. The minimum atomic E-state index is -0.0511. The van der Waals surface area contributed by atoms with Gasteiger partial charge in [-0.1, -0.05) is 18.2 Å². The molecule has 8 heteroatoms. The Balaban J connectivity index is 1.33. The summed E-state index contributed by atoms with van der Waals surface area (Å²) in [6, 6.07) is 14.0. The smallest absolute Gasteiger partial charge is 0.275 e. The van der Waals surface area contributed by atoms with E-state index < -0.39 is 0 Å². The predicted octanol–water partition coefficient (Wildman–Crippen LogP) is 4.24. The van der Waals surface area contributed by atoms with Gasteiger partial charge in [0.25, 0.3) is 5.91 Å². The molecule has 0 aliphatic carbocycles. The quantitative estimate of drug-likeness (QED) is 0.494. The average molecular weight is 464 g/mol. The van der Waals surface area contributed by atoms with Crippen LogP contribution in [0.1, 0.15) is 46.8 Å². The molecule has 1 amide bonds. The van der Waals surface area contributed by atoms with E-state index in [1.807, 2.05) is 41.3 Å². The number of aromatic nitrogens is 1. The second kappa shape index (κ2) is 10.2. The van der Waals surface area contributed by atoms with Crippen LogP contribution in [0.3, 0.4) is 0 Å². The highest BCUT2D eigenvalue weighted by Crippen LogP contribution is 2.33. The van der Waals surface area contributed by atoms with Crippen LogP contribution in [0.15, 0.2) is 53.1 Å². The number of likely N-dealkylation sites (tertiary alicyclic amines) is 1. The number of carbonyl (C=O) groups is 1. The molecule has 3 aromatic rings. The van der Waals surface area contributed by atoms with Crippen molar-refractivity contribution >= 4 is 5.91 Å². The molecule has 0 radical (unpaired) electrons. The first-order valence-electron chi connectivity index (χ1n) is 11.7. The molecule has 0 spiro atoms. The summed E-state index contributed by atoms with van der Waals surface area (Å²) in [4.78, 5) is 21.4. The molecule has 34 heavy (non-hydrogen) atoms. The lowest BCUT2D eigenvalue weighted by Crippen LogP contribution is -2.35. The number of nitrogens with zero attached hydrogens (tertiary/aromatic N) is 3. The lowest BCUT2D eigenvalue weighted by Gasteiger charge is -2.25. The molecule has 1 fully saturated rings. The van der Waals surface area contributed by atoms with Crippen LogP contribution >= 0.6 is 0 Å². The number of oxazole rings is 1. The largest absolute Gasteiger partial charge is 0.497 e. The van der Waals surface area contributed by atoms with Gasteiger partial charge < -0.3 is 23.5 Å². The van der Waals surface area contributed by atoms with Crippen molar-refractivity contribution < 1.29 is 23.4 Å². The molecule has 8 nitrogen and oxygen atoms in total. The molecule has 0 saturated carbocycles. The van der Waals surface area contributed by atoms with Gasteiger partial charge in [-0.15, -0.1) is 0 Å². The first kappa shape index (κ1) is 22.3. The normalized spacial score (nSPS) is 15.1. The van der Waals surface area contributed by atoms with Crippen molar-refractivity contribution in [3.05, 3.63) is 71.4 Å². The summed E-state index contributed by atoms with van der Waals surface area (Å²) in [5.74, 6) is 2.79. The van der Waals surface area contributed by atoms with Gasteiger partial charge in [-0.05, 0) is 54.7 Å². The fraction of sp³-hybridized carbons (Fsp3) is 0.385. The summed E-state index contributed by atoms with van der Waals surface area (Å²) in [6.07, 6.45) is 4.74. The van der Waals surface area contributed by atoms with Crippen LogP contribution in [0.5, 0.6) is 17.2 Å². The monoisotopic (exact) mass is 463 g/mol. The van der Waals surface area contributed by atoms with Crippen molar-refractivity contribution in [3.8, 4) is 17.2 Å². The number of carbonyl (C=O) groups excluding carboxylic acids is 1. The van der Waals surface area contributed by atoms with E-state index in [9.17, 15) is 4.79 Å². The van der Waals surface area contributed by atoms with Gasteiger partial charge >= 0.3 is 0 Å². The maximum Gasteiger partial charge on any atom is 0.275 e. The second-order valence-electron chi connectivity index (χ2n) is 8.66. The molecule has 3 heterocycles. The molecule has 1 saturated heterocycles. The van der Waals surface area contributed by atoms with Crippen molar-refractivity contribution in [1.82, 2.24) is 14.8 Å². The molecule has 5 rings (SSSR count). The van der Waals surface area contributed by atoms with Crippen molar-refractivity contribution in [2.45, 2.75) is 38.9 Å². The van der Waals surface area contributed by atoms with Crippen LogP contribution in [0, 0.1) is 0 Å². The van der Waals surface area contributed by atoms with Gasteiger partial charge in [0.2, 0.25) is 12.7 Å². The van der Waals surface area contributed by atoms with Gasteiger partial charge in [0.1, 0.15) is 12.0 Å². The van der Waals surface area contributed by atoms with E-state index in [1.165, 1.54) is 12.7 Å². The highest BCUT2D eigenvalue weighted by molar-refractivity contribution is 5.92. The second-order valence-corrected chi connectivity index (χ2v) is 8.66. The molecule has 0 N–H and O–H groups in total. The van der Waals surface area contributed by atoms with Crippen LogP contribution in [0.4, 0.5) is 0 Å². The summed E-state index contributed by atoms with van der Waals surface area (Å²) in [5, 5.41) is 0. The number of amides is 1. The highest BCUT2D eigenvalue weighted by Gasteiger charge is 2.22. The van der Waals surface area contributed by atoms with E-state index in [1.54, 1.807) is 7.11 Å². The maximum absolute atomic E-state index is 12.8. The lowest BCUT2D eigenvalue weighted by atomic mass is 10.1.